The van der Waals surface area contributed by atoms with Crippen LogP contribution in [0.2, 0.25) is 0 Å². The highest BCUT2D eigenvalue weighted by atomic mass is 127. The second kappa shape index (κ2) is 7.93. The summed E-state index contributed by atoms with van der Waals surface area (Å²) in [4.78, 5) is 15.2. The van der Waals surface area contributed by atoms with E-state index in [0.29, 0.717) is 9.23 Å². The summed E-state index contributed by atoms with van der Waals surface area (Å²) in [5.74, 6) is 0.669. The number of ether oxygens (including phenoxy) is 1. The summed E-state index contributed by atoms with van der Waals surface area (Å²) in [6, 6.07) is 11.8. The second-order valence-electron chi connectivity index (χ2n) is 5.31. The Labute approximate surface area is 183 Å². The van der Waals surface area contributed by atoms with E-state index in [-0.39, 0.29) is 5.91 Å². The maximum atomic E-state index is 12.9. The van der Waals surface area contributed by atoms with Gasteiger partial charge in [0.15, 0.2) is 4.32 Å². The molecule has 1 heterocycles. The monoisotopic (exact) mass is 593 g/mol. The van der Waals surface area contributed by atoms with Crippen LogP contribution >= 0.6 is 69.2 Å². The van der Waals surface area contributed by atoms with Gasteiger partial charge in [-0.25, -0.2) is 0 Å². The first-order valence-corrected chi connectivity index (χ1v) is 10.7. The van der Waals surface area contributed by atoms with Gasteiger partial charge in [0, 0.05) is 9.13 Å². The van der Waals surface area contributed by atoms with Crippen LogP contribution in [0.5, 0.6) is 5.75 Å². The van der Waals surface area contributed by atoms with Crippen LogP contribution in [0.15, 0.2) is 41.3 Å². The summed E-state index contributed by atoms with van der Waals surface area (Å²) in [7, 11) is 1.64. The minimum absolute atomic E-state index is 0.0970. The lowest BCUT2D eigenvalue weighted by atomic mass is 10.1. The second-order valence-corrected chi connectivity index (χ2v) is 9.40. The van der Waals surface area contributed by atoms with E-state index in [4.69, 9.17) is 17.0 Å². The van der Waals surface area contributed by atoms with E-state index in [9.17, 15) is 4.79 Å². The fourth-order valence-electron chi connectivity index (χ4n) is 2.53. The average Bonchev–Trinajstić information content (AvgIpc) is 2.82. The van der Waals surface area contributed by atoms with Crippen molar-refractivity contribution < 1.29 is 9.53 Å². The van der Waals surface area contributed by atoms with Gasteiger partial charge >= 0.3 is 0 Å². The Morgan fingerprint density at radius 1 is 1.24 bits per heavy atom. The highest BCUT2D eigenvalue weighted by Gasteiger charge is 2.34. The molecule has 128 valence electrons. The summed E-state index contributed by atoms with van der Waals surface area (Å²) in [6.07, 6.45) is 1.86. The Morgan fingerprint density at radius 2 is 1.96 bits per heavy atom. The molecule has 0 saturated carbocycles. The molecule has 1 amide bonds. The lowest BCUT2D eigenvalue weighted by Gasteiger charge is -2.16. The molecule has 0 unspecified atom stereocenters. The number of benzene rings is 2. The number of thioether (sulfide) groups is 1. The van der Waals surface area contributed by atoms with Crippen molar-refractivity contribution in [3.05, 3.63) is 59.6 Å². The normalized spacial score (nSPS) is 16.0. The number of anilines is 1. The number of aryl methyl sites for hydroxylation is 1. The van der Waals surface area contributed by atoms with Crippen LogP contribution in [0, 0.1) is 14.1 Å². The molecule has 0 bridgehead atoms. The van der Waals surface area contributed by atoms with Gasteiger partial charge < -0.3 is 4.74 Å². The molecule has 2 aromatic rings. The van der Waals surface area contributed by atoms with Gasteiger partial charge in [-0.15, -0.1) is 0 Å². The van der Waals surface area contributed by atoms with Crippen LogP contribution < -0.4 is 9.64 Å². The Kier molecular flexibility index (Phi) is 6.07. The summed E-state index contributed by atoms with van der Waals surface area (Å²) in [5.41, 5.74) is 2.73. The summed E-state index contributed by atoms with van der Waals surface area (Å²) in [6.45, 7) is 1.97. The van der Waals surface area contributed by atoms with Gasteiger partial charge in [0.25, 0.3) is 5.91 Å². The molecular formula is C18H13I2NO2S2. The van der Waals surface area contributed by atoms with Gasteiger partial charge in [0.2, 0.25) is 0 Å². The molecule has 0 radical (unpaired) electrons. The van der Waals surface area contributed by atoms with Crippen molar-refractivity contribution in [3.8, 4) is 5.75 Å². The van der Waals surface area contributed by atoms with Crippen molar-refractivity contribution in [2.75, 3.05) is 12.0 Å². The Bertz CT molecular complexity index is 912. The largest absolute Gasteiger partial charge is 0.495 e. The zero-order valence-electron chi connectivity index (χ0n) is 13.4. The number of methoxy groups -OCH3 is 1. The van der Waals surface area contributed by atoms with Crippen molar-refractivity contribution in [1.82, 2.24) is 0 Å². The molecule has 1 aliphatic heterocycles. The number of halogens is 2. The number of hydrogen-bond acceptors (Lipinski definition) is 4. The molecule has 3 nitrogen and oxygen atoms in total. The molecule has 1 fully saturated rings. The van der Waals surface area contributed by atoms with Crippen molar-refractivity contribution in [1.29, 1.82) is 0 Å². The zero-order valence-corrected chi connectivity index (χ0v) is 19.3. The maximum absolute atomic E-state index is 12.9. The van der Waals surface area contributed by atoms with E-state index in [1.165, 1.54) is 11.8 Å². The number of carbonyl (C=O) groups excluding carboxylic acids is 1. The van der Waals surface area contributed by atoms with Crippen LogP contribution in [-0.4, -0.2) is 17.3 Å². The Balaban J connectivity index is 2.04. The van der Waals surface area contributed by atoms with E-state index in [1.54, 1.807) is 12.0 Å². The molecule has 25 heavy (non-hydrogen) atoms. The number of nitrogens with zero attached hydrogens (tertiary/aromatic N) is 1. The van der Waals surface area contributed by atoms with E-state index in [1.807, 2.05) is 49.4 Å². The zero-order chi connectivity index (χ0) is 18.1. The third-order valence-corrected chi connectivity index (χ3v) is 6.40. The van der Waals surface area contributed by atoms with Crippen LogP contribution in [0.1, 0.15) is 11.1 Å². The fourth-order valence-corrected chi connectivity index (χ4v) is 5.92. The molecule has 3 rings (SSSR count). The van der Waals surface area contributed by atoms with Crippen molar-refractivity contribution in [2.24, 2.45) is 0 Å². The van der Waals surface area contributed by atoms with Crippen LogP contribution in [0.25, 0.3) is 6.08 Å². The first-order chi connectivity index (χ1) is 11.9. The van der Waals surface area contributed by atoms with Gasteiger partial charge in [0.05, 0.1) is 21.3 Å². The minimum atomic E-state index is -0.0970. The van der Waals surface area contributed by atoms with Gasteiger partial charge in [-0.1, -0.05) is 42.2 Å². The smallest absolute Gasteiger partial charge is 0.270 e. The predicted octanol–water partition coefficient (Wildman–Crippen LogP) is 5.62. The van der Waals surface area contributed by atoms with E-state index in [2.05, 4.69) is 45.2 Å². The van der Waals surface area contributed by atoms with Crippen LogP contribution in [0.4, 0.5) is 5.69 Å². The van der Waals surface area contributed by atoms with E-state index in [0.717, 1.165) is 29.7 Å². The molecule has 7 heteroatoms. The lowest BCUT2D eigenvalue weighted by Crippen LogP contribution is -2.28. The number of carbonyl (C=O) groups is 1. The molecule has 0 spiro atoms. The molecular weight excluding hydrogens is 580 g/mol. The molecule has 0 N–H and O–H groups in total. The summed E-state index contributed by atoms with van der Waals surface area (Å²) in [5, 5.41) is 0. The van der Waals surface area contributed by atoms with Crippen molar-refractivity contribution in [3.63, 3.8) is 0 Å². The minimum Gasteiger partial charge on any atom is -0.495 e. The molecule has 1 saturated heterocycles. The molecule has 1 aliphatic rings. The van der Waals surface area contributed by atoms with Gasteiger partial charge in [-0.05, 0) is 81.9 Å². The fraction of sp³-hybridized carbons (Fsp3) is 0.111. The Hall–Kier alpha value is -0.650. The third kappa shape index (κ3) is 3.88. The first-order valence-electron chi connectivity index (χ1n) is 7.29. The number of hydrogen-bond donors (Lipinski definition) is 0. The van der Waals surface area contributed by atoms with Crippen molar-refractivity contribution >= 4 is 91.2 Å². The molecule has 0 aliphatic carbocycles. The highest BCUT2D eigenvalue weighted by Crippen LogP contribution is 2.39. The number of para-hydroxylation sites is 1. The number of rotatable bonds is 3. The van der Waals surface area contributed by atoms with E-state index >= 15 is 0 Å². The predicted molar refractivity (Wildman–Crippen MR) is 125 cm³/mol. The summed E-state index contributed by atoms with van der Waals surface area (Å²) >= 11 is 11.3. The van der Waals surface area contributed by atoms with Gasteiger partial charge in [0.1, 0.15) is 5.75 Å². The Morgan fingerprint density at radius 3 is 2.64 bits per heavy atom. The highest BCUT2D eigenvalue weighted by molar-refractivity contribution is 14.1. The quantitative estimate of drug-likeness (QED) is 0.263. The molecule has 0 atom stereocenters. The maximum Gasteiger partial charge on any atom is 0.270 e. The lowest BCUT2D eigenvalue weighted by molar-refractivity contribution is -0.113. The standard InChI is InChI=1S/C18H13I2NO2S2/c1-10-5-3-4-6-14(10)21-17(22)15(25-18(21)24)8-11-7-12(19)9-13(20)16(11)23-2/h3-9H,1-2H3/b15-8+. The topological polar surface area (TPSA) is 29.5 Å². The van der Waals surface area contributed by atoms with E-state index < -0.39 is 0 Å². The number of amides is 1. The molecule has 2 aromatic carbocycles. The van der Waals surface area contributed by atoms with Crippen molar-refractivity contribution in [2.45, 2.75) is 6.92 Å². The average molecular weight is 593 g/mol. The molecule has 0 aromatic heterocycles. The van der Waals surface area contributed by atoms with Gasteiger partial charge in [-0.2, -0.15) is 0 Å². The summed E-state index contributed by atoms with van der Waals surface area (Å²) < 4.78 is 8.15. The first kappa shape index (κ1) is 19.1. The third-order valence-electron chi connectivity index (χ3n) is 3.68. The van der Waals surface area contributed by atoms with Crippen LogP contribution in [0.3, 0.4) is 0 Å². The SMILES string of the molecule is COc1c(I)cc(I)cc1/C=C1/SC(=S)N(c2ccccc2C)C1=O. The number of thiocarbonyl (C=S) groups is 1. The van der Waals surface area contributed by atoms with Gasteiger partial charge in [-0.3, -0.25) is 9.69 Å². The van der Waals surface area contributed by atoms with Crippen LogP contribution in [-0.2, 0) is 4.79 Å².